The molecule has 2 nitrogen and oxygen atoms in total. The fourth-order valence-electron chi connectivity index (χ4n) is 1.89. The minimum absolute atomic E-state index is 0.157. The molecule has 0 spiro atoms. The average Bonchev–Trinajstić information content (AvgIpc) is 2.29. The topological polar surface area (TPSA) is 15.3 Å². The van der Waals surface area contributed by atoms with Crippen molar-refractivity contribution >= 4 is 5.69 Å². The third-order valence-corrected chi connectivity index (χ3v) is 2.86. The third kappa shape index (κ3) is 4.73. The van der Waals surface area contributed by atoms with Crippen LogP contribution in [0.15, 0.2) is 18.2 Å². The Kier molecular flexibility index (Phi) is 5.98. The fraction of sp³-hybridized carbons (Fsp3) is 0.571. The first-order valence-electron chi connectivity index (χ1n) is 6.32. The maximum atomic E-state index is 13.4. The Morgan fingerprint density at radius 2 is 2.00 bits per heavy atom. The fourth-order valence-corrected chi connectivity index (χ4v) is 1.89. The van der Waals surface area contributed by atoms with E-state index in [9.17, 15) is 4.39 Å². The molecule has 0 aliphatic carbocycles. The number of anilines is 1. The predicted molar refractivity (Wildman–Crippen MR) is 72.0 cm³/mol. The SMILES string of the molecule is CCCCCN(C)c1cc(F)cc(CNC)c1. The summed E-state index contributed by atoms with van der Waals surface area (Å²) in [4.78, 5) is 2.12. The van der Waals surface area contributed by atoms with Crippen LogP contribution < -0.4 is 10.2 Å². The van der Waals surface area contributed by atoms with Gasteiger partial charge in [-0.3, -0.25) is 0 Å². The molecule has 0 radical (unpaired) electrons. The second kappa shape index (κ2) is 7.28. The van der Waals surface area contributed by atoms with Crippen LogP contribution in [0.3, 0.4) is 0 Å². The first-order valence-corrected chi connectivity index (χ1v) is 6.32. The maximum Gasteiger partial charge on any atom is 0.125 e. The molecule has 0 heterocycles. The number of hydrogen-bond donors (Lipinski definition) is 1. The van der Waals surface area contributed by atoms with Crippen molar-refractivity contribution in [2.45, 2.75) is 32.7 Å². The van der Waals surface area contributed by atoms with Crippen LogP contribution in [-0.4, -0.2) is 20.6 Å². The van der Waals surface area contributed by atoms with Crippen LogP contribution in [0, 0.1) is 5.82 Å². The number of benzene rings is 1. The molecule has 0 fully saturated rings. The van der Waals surface area contributed by atoms with E-state index in [1.165, 1.54) is 12.8 Å². The van der Waals surface area contributed by atoms with Crippen molar-refractivity contribution in [2.75, 3.05) is 25.5 Å². The molecule has 0 bridgehead atoms. The minimum atomic E-state index is -0.157. The van der Waals surface area contributed by atoms with E-state index in [-0.39, 0.29) is 5.82 Å². The minimum Gasteiger partial charge on any atom is -0.375 e. The van der Waals surface area contributed by atoms with Crippen molar-refractivity contribution in [1.29, 1.82) is 0 Å². The van der Waals surface area contributed by atoms with E-state index in [1.54, 1.807) is 12.1 Å². The van der Waals surface area contributed by atoms with Gasteiger partial charge in [0.05, 0.1) is 0 Å². The number of nitrogens with zero attached hydrogens (tertiary/aromatic N) is 1. The number of hydrogen-bond acceptors (Lipinski definition) is 2. The lowest BCUT2D eigenvalue weighted by atomic mass is 10.1. The Morgan fingerprint density at radius 3 is 2.65 bits per heavy atom. The van der Waals surface area contributed by atoms with E-state index in [0.717, 1.165) is 24.2 Å². The Morgan fingerprint density at radius 1 is 1.24 bits per heavy atom. The van der Waals surface area contributed by atoms with Crippen LogP contribution >= 0.6 is 0 Å². The van der Waals surface area contributed by atoms with E-state index in [4.69, 9.17) is 0 Å². The van der Waals surface area contributed by atoms with Gasteiger partial charge < -0.3 is 10.2 Å². The smallest absolute Gasteiger partial charge is 0.125 e. The molecule has 1 rings (SSSR count). The van der Waals surface area contributed by atoms with E-state index >= 15 is 0 Å². The zero-order valence-corrected chi connectivity index (χ0v) is 11.1. The molecule has 0 unspecified atom stereocenters. The maximum absolute atomic E-state index is 13.4. The third-order valence-electron chi connectivity index (χ3n) is 2.86. The van der Waals surface area contributed by atoms with Crippen LogP contribution in [0.25, 0.3) is 0 Å². The highest BCUT2D eigenvalue weighted by Crippen LogP contribution is 2.18. The summed E-state index contributed by atoms with van der Waals surface area (Å²) in [7, 11) is 3.89. The molecular formula is C14H23FN2. The Balaban J connectivity index is 2.67. The van der Waals surface area contributed by atoms with Gasteiger partial charge >= 0.3 is 0 Å². The van der Waals surface area contributed by atoms with Gasteiger partial charge in [0.15, 0.2) is 0 Å². The van der Waals surface area contributed by atoms with Gasteiger partial charge in [-0.1, -0.05) is 19.8 Å². The lowest BCUT2D eigenvalue weighted by Gasteiger charge is -2.20. The number of nitrogens with one attached hydrogen (secondary N) is 1. The van der Waals surface area contributed by atoms with Crippen molar-refractivity contribution < 1.29 is 4.39 Å². The van der Waals surface area contributed by atoms with Crippen LogP contribution in [0.5, 0.6) is 0 Å². The van der Waals surface area contributed by atoms with Gasteiger partial charge in [-0.25, -0.2) is 4.39 Å². The van der Waals surface area contributed by atoms with Crippen LogP contribution in [0.2, 0.25) is 0 Å². The lowest BCUT2D eigenvalue weighted by molar-refractivity contribution is 0.622. The summed E-state index contributed by atoms with van der Waals surface area (Å²) in [6, 6.07) is 5.23. The second-order valence-corrected chi connectivity index (χ2v) is 4.48. The molecule has 96 valence electrons. The van der Waals surface area contributed by atoms with Gasteiger partial charge in [0, 0.05) is 25.8 Å². The lowest BCUT2D eigenvalue weighted by Crippen LogP contribution is -2.19. The second-order valence-electron chi connectivity index (χ2n) is 4.48. The van der Waals surface area contributed by atoms with Crippen molar-refractivity contribution in [3.8, 4) is 0 Å². The number of halogens is 1. The van der Waals surface area contributed by atoms with Crippen molar-refractivity contribution in [1.82, 2.24) is 5.32 Å². The normalized spacial score (nSPS) is 10.6. The summed E-state index contributed by atoms with van der Waals surface area (Å²) in [5.74, 6) is -0.157. The Hall–Kier alpha value is -1.09. The van der Waals surface area contributed by atoms with Gasteiger partial charge in [-0.2, -0.15) is 0 Å². The highest BCUT2D eigenvalue weighted by Gasteiger charge is 2.04. The van der Waals surface area contributed by atoms with Crippen molar-refractivity contribution in [2.24, 2.45) is 0 Å². The van der Waals surface area contributed by atoms with Crippen LogP contribution in [0.4, 0.5) is 10.1 Å². The van der Waals surface area contributed by atoms with Crippen LogP contribution in [0.1, 0.15) is 31.7 Å². The molecule has 17 heavy (non-hydrogen) atoms. The molecule has 0 saturated carbocycles. The largest absolute Gasteiger partial charge is 0.375 e. The van der Waals surface area contributed by atoms with Crippen molar-refractivity contribution in [3.05, 3.63) is 29.6 Å². The first-order chi connectivity index (χ1) is 8.17. The molecule has 1 aromatic rings. The zero-order valence-electron chi connectivity index (χ0n) is 11.1. The molecule has 1 N–H and O–H groups in total. The summed E-state index contributed by atoms with van der Waals surface area (Å²) in [5.41, 5.74) is 1.95. The molecule has 0 aliphatic heterocycles. The van der Waals surface area contributed by atoms with E-state index in [1.807, 2.05) is 20.2 Å². The standard InChI is InChI=1S/C14H23FN2/c1-4-5-6-7-17(3)14-9-12(11-16-2)8-13(15)10-14/h8-10,16H,4-7,11H2,1-3H3. The molecule has 0 aromatic heterocycles. The molecule has 0 aliphatic rings. The average molecular weight is 238 g/mol. The molecule has 1 aromatic carbocycles. The van der Waals surface area contributed by atoms with Gasteiger partial charge in [0.1, 0.15) is 5.82 Å². The molecule has 3 heteroatoms. The first kappa shape index (κ1) is 14.0. The van der Waals surface area contributed by atoms with E-state index in [2.05, 4.69) is 17.1 Å². The highest BCUT2D eigenvalue weighted by atomic mass is 19.1. The van der Waals surface area contributed by atoms with Crippen molar-refractivity contribution in [3.63, 3.8) is 0 Å². The highest BCUT2D eigenvalue weighted by molar-refractivity contribution is 5.48. The summed E-state index contributed by atoms with van der Waals surface area (Å²) < 4.78 is 13.4. The van der Waals surface area contributed by atoms with Gasteiger partial charge in [0.25, 0.3) is 0 Å². The Labute approximate surface area is 104 Å². The Bertz CT molecular complexity index is 339. The monoisotopic (exact) mass is 238 g/mol. The number of rotatable bonds is 7. The summed E-state index contributed by atoms with van der Waals surface area (Å²) in [5, 5.41) is 3.04. The molecule has 0 saturated heterocycles. The zero-order chi connectivity index (χ0) is 12.7. The summed E-state index contributed by atoms with van der Waals surface area (Å²) in [6.45, 7) is 3.87. The summed E-state index contributed by atoms with van der Waals surface area (Å²) >= 11 is 0. The molecule has 0 amide bonds. The van der Waals surface area contributed by atoms with Crippen LogP contribution in [-0.2, 0) is 6.54 Å². The van der Waals surface area contributed by atoms with Gasteiger partial charge in [0.2, 0.25) is 0 Å². The molecule has 0 atom stereocenters. The predicted octanol–water partition coefficient (Wildman–Crippen LogP) is 3.17. The summed E-state index contributed by atoms with van der Waals surface area (Å²) in [6.07, 6.45) is 3.59. The van der Waals surface area contributed by atoms with Gasteiger partial charge in [-0.15, -0.1) is 0 Å². The van der Waals surface area contributed by atoms with Gasteiger partial charge in [-0.05, 0) is 37.2 Å². The quantitative estimate of drug-likeness (QED) is 0.734. The number of unbranched alkanes of at least 4 members (excludes halogenated alkanes) is 2. The van der Waals surface area contributed by atoms with E-state index < -0.39 is 0 Å². The molecular weight excluding hydrogens is 215 g/mol. The van der Waals surface area contributed by atoms with E-state index in [0.29, 0.717) is 6.54 Å².